The molecule has 6 nitrogen and oxygen atoms in total. The van der Waals surface area contributed by atoms with Crippen LogP contribution in [0.3, 0.4) is 0 Å². The fraction of sp³-hybridized carbons (Fsp3) is 0.857. The van der Waals surface area contributed by atoms with Gasteiger partial charge in [-0.05, 0) is 13.8 Å². The summed E-state index contributed by atoms with van der Waals surface area (Å²) in [5, 5.41) is 8.81. The van der Waals surface area contributed by atoms with Crippen LogP contribution in [0.25, 0.3) is 0 Å². The molecule has 0 spiro atoms. The predicted octanol–water partition coefficient (Wildman–Crippen LogP) is -1.15. The fourth-order valence-electron chi connectivity index (χ4n) is 0.656. The van der Waals surface area contributed by atoms with Crippen molar-refractivity contribution in [1.29, 1.82) is 0 Å². The number of esters is 1. The van der Waals surface area contributed by atoms with Crippen molar-refractivity contribution in [2.24, 2.45) is 0 Å². The molecule has 14 heavy (non-hydrogen) atoms. The van der Waals surface area contributed by atoms with Gasteiger partial charge in [-0.2, -0.15) is 0 Å². The van der Waals surface area contributed by atoms with Crippen LogP contribution >= 0.6 is 0 Å². The minimum atomic E-state index is -3.68. The van der Waals surface area contributed by atoms with Crippen LogP contribution in [-0.2, 0) is 19.6 Å². The van der Waals surface area contributed by atoms with Crippen LogP contribution in [-0.4, -0.2) is 44.5 Å². The first-order chi connectivity index (χ1) is 6.37. The Labute approximate surface area is 83.3 Å². The first-order valence-corrected chi connectivity index (χ1v) is 5.83. The minimum absolute atomic E-state index is 0.109. The van der Waals surface area contributed by atoms with Crippen molar-refractivity contribution in [1.82, 2.24) is 4.72 Å². The molecule has 7 heteroatoms. The Morgan fingerprint density at radius 2 is 2.14 bits per heavy atom. The highest BCUT2D eigenvalue weighted by Crippen LogP contribution is 1.89. The van der Waals surface area contributed by atoms with E-state index in [0.717, 1.165) is 0 Å². The zero-order valence-corrected chi connectivity index (χ0v) is 9.00. The van der Waals surface area contributed by atoms with E-state index in [1.165, 1.54) is 6.92 Å². The van der Waals surface area contributed by atoms with Crippen molar-refractivity contribution in [3.05, 3.63) is 0 Å². The normalized spacial score (nSPS) is 13.6. The van der Waals surface area contributed by atoms with Crippen LogP contribution < -0.4 is 4.72 Å². The summed E-state index contributed by atoms with van der Waals surface area (Å²) in [6.45, 7) is 3.06. The summed E-state index contributed by atoms with van der Waals surface area (Å²) in [5.41, 5.74) is 0. The zero-order valence-electron chi connectivity index (χ0n) is 8.19. The number of nitrogens with one attached hydrogen (secondary N) is 1. The number of aliphatic hydroxyl groups excluding tert-OH is 1. The molecule has 0 fully saturated rings. The van der Waals surface area contributed by atoms with Gasteiger partial charge in [0.15, 0.2) is 5.75 Å². The van der Waals surface area contributed by atoms with E-state index in [9.17, 15) is 13.2 Å². The summed E-state index contributed by atoms with van der Waals surface area (Å²) in [6.07, 6.45) is -0.785. The molecule has 1 atom stereocenters. The van der Waals surface area contributed by atoms with Gasteiger partial charge >= 0.3 is 5.97 Å². The maximum absolute atomic E-state index is 11.1. The van der Waals surface area contributed by atoms with Gasteiger partial charge < -0.3 is 9.84 Å². The number of sulfonamides is 1. The second-order valence-corrected chi connectivity index (χ2v) is 4.57. The molecule has 0 aliphatic carbocycles. The third-order valence-corrected chi connectivity index (χ3v) is 2.43. The molecule has 0 aliphatic rings. The molecule has 84 valence electrons. The summed E-state index contributed by atoms with van der Waals surface area (Å²) in [4.78, 5) is 10.8. The van der Waals surface area contributed by atoms with Crippen LogP contribution in [0, 0.1) is 0 Å². The molecule has 0 aromatic rings. The summed E-state index contributed by atoms with van der Waals surface area (Å²) >= 11 is 0. The summed E-state index contributed by atoms with van der Waals surface area (Å²) in [7, 11) is -3.68. The highest BCUT2D eigenvalue weighted by Gasteiger charge is 2.17. The van der Waals surface area contributed by atoms with E-state index in [1.807, 2.05) is 0 Å². The number of hydrogen-bond donors (Lipinski definition) is 2. The fourth-order valence-corrected chi connectivity index (χ4v) is 1.65. The lowest BCUT2D eigenvalue weighted by molar-refractivity contribution is -0.139. The van der Waals surface area contributed by atoms with Gasteiger partial charge in [-0.3, -0.25) is 4.79 Å². The molecule has 0 aromatic heterocycles. The van der Waals surface area contributed by atoms with E-state index >= 15 is 0 Å². The van der Waals surface area contributed by atoms with Crippen LogP contribution in [0.1, 0.15) is 13.8 Å². The van der Waals surface area contributed by atoms with Crippen molar-refractivity contribution in [2.45, 2.75) is 20.0 Å². The second-order valence-electron chi connectivity index (χ2n) is 2.76. The largest absolute Gasteiger partial charge is 0.465 e. The van der Waals surface area contributed by atoms with Gasteiger partial charge in [-0.25, -0.2) is 13.1 Å². The quantitative estimate of drug-likeness (QED) is 0.557. The summed E-state index contributed by atoms with van der Waals surface area (Å²) in [6, 6.07) is 0. The highest BCUT2D eigenvalue weighted by molar-refractivity contribution is 7.90. The SMILES string of the molecule is CCOC(=O)CS(=O)(=O)NC[C@@H](C)O. The van der Waals surface area contributed by atoms with Gasteiger partial charge in [-0.1, -0.05) is 0 Å². The lowest BCUT2D eigenvalue weighted by Crippen LogP contribution is -2.35. The van der Waals surface area contributed by atoms with Crippen molar-refractivity contribution in [3.63, 3.8) is 0 Å². The second kappa shape index (κ2) is 5.94. The number of carbonyl (C=O) groups is 1. The molecule has 0 saturated carbocycles. The van der Waals surface area contributed by atoms with Crippen LogP contribution in [0.2, 0.25) is 0 Å². The average Bonchev–Trinajstić information content (AvgIpc) is 2.00. The number of hydrogen-bond acceptors (Lipinski definition) is 5. The molecule has 0 heterocycles. The maximum Gasteiger partial charge on any atom is 0.322 e. The van der Waals surface area contributed by atoms with Crippen molar-refractivity contribution >= 4 is 16.0 Å². The highest BCUT2D eigenvalue weighted by atomic mass is 32.2. The molecular weight excluding hydrogens is 210 g/mol. The third kappa shape index (κ3) is 6.81. The van der Waals surface area contributed by atoms with E-state index in [2.05, 4.69) is 9.46 Å². The molecule has 0 radical (unpaired) electrons. The molecular formula is C7H15NO5S. The smallest absolute Gasteiger partial charge is 0.322 e. The van der Waals surface area contributed by atoms with Crippen molar-refractivity contribution in [3.8, 4) is 0 Å². The first-order valence-electron chi connectivity index (χ1n) is 4.18. The van der Waals surface area contributed by atoms with Crippen LogP contribution in [0.15, 0.2) is 0 Å². The standard InChI is InChI=1S/C7H15NO5S/c1-3-13-7(10)5-14(11,12)8-4-6(2)9/h6,8-9H,3-5H2,1-2H3/t6-/m1/s1. The Kier molecular flexibility index (Phi) is 5.66. The lowest BCUT2D eigenvalue weighted by Gasteiger charge is -2.07. The Morgan fingerprint density at radius 3 is 2.57 bits per heavy atom. The number of carbonyl (C=O) groups excluding carboxylic acids is 1. The van der Waals surface area contributed by atoms with E-state index in [0.29, 0.717) is 0 Å². The summed E-state index contributed by atoms with van der Waals surface area (Å²) < 4.78 is 28.7. The van der Waals surface area contributed by atoms with E-state index in [-0.39, 0.29) is 13.2 Å². The molecule has 0 aliphatic heterocycles. The van der Waals surface area contributed by atoms with Gasteiger partial charge in [0, 0.05) is 6.54 Å². The number of rotatable bonds is 6. The van der Waals surface area contributed by atoms with Crippen LogP contribution in [0.5, 0.6) is 0 Å². The Morgan fingerprint density at radius 1 is 1.57 bits per heavy atom. The average molecular weight is 225 g/mol. The minimum Gasteiger partial charge on any atom is -0.465 e. The number of ether oxygens (including phenoxy) is 1. The Hall–Kier alpha value is -0.660. The van der Waals surface area contributed by atoms with E-state index in [4.69, 9.17) is 5.11 Å². The van der Waals surface area contributed by atoms with Crippen molar-refractivity contribution < 1.29 is 23.1 Å². The molecule has 0 amide bonds. The first kappa shape index (κ1) is 13.3. The van der Waals surface area contributed by atoms with E-state index < -0.39 is 27.8 Å². The van der Waals surface area contributed by atoms with Crippen LogP contribution in [0.4, 0.5) is 0 Å². The van der Waals surface area contributed by atoms with E-state index in [1.54, 1.807) is 6.92 Å². The molecule has 2 N–H and O–H groups in total. The maximum atomic E-state index is 11.1. The predicted molar refractivity (Wildman–Crippen MR) is 50.1 cm³/mol. The molecule has 0 rings (SSSR count). The summed E-state index contributed by atoms with van der Waals surface area (Å²) in [5.74, 6) is -1.52. The zero-order chi connectivity index (χ0) is 11.2. The van der Waals surface area contributed by atoms with Gasteiger partial charge in [0.05, 0.1) is 12.7 Å². The van der Waals surface area contributed by atoms with Gasteiger partial charge in [0.1, 0.15) is 0 Å². The van der Waals surface area contributed by atoms with Gasteiger partial charge in [0.2, 0.25) is 10.0 Å². The monoisotopic (exact) mass is 225 g/mol. The topological polar surface area (TPSA) is 92.7 Å². The number of aliphatic hydroxyl groups is 1. The molecule has 0 aromatic carbocycles. The molecule has 0 unspecified atom stereocenters. The lowest BCUT2D eigenvalue weighted by atomic mass is 10.4. The Bertz CT molecular complexity index is 272. The van der Waals surface area contributed by atoms with Crippen molar-refractivity contribution in [2.75, 3.05) is 18.9 Å². The molecule has 0 bridgehead atoms. The molecule has 0 saturated heterocycles. The third-order valence-electron chi connectivity index (χ3n) is 1.21. The Balaban J connectivity index is 4.01. The van der Waals surface area contributed by atoms with Gasteiger partial charge in [0.25, 0.3) is 0 Å². The van der Waals surface area contributed by atoms with Gasteiger partial charge in [-0.15, -0.1) is 0 Å².